The van der Waals surface area contributed by atoms with Gasteiger partial charge in [-0.25, -0.2) is 0 Å². The van der Waals surface area contributed by atoms with Gasteiger partial charge in [-0.2, -0.15) is 0 Å². The van der Waals surface area contributed by atoms with Gasteiger partial charge >= 0.3 is 0 Å². The van der Waals surface area contributed by atoms with E-state index in [-0.39, 0.29) is 0 Å². The molecule has 0 spiro atoms. The Kier molecular flexibility index (Phi) is 4.59. The van der Waals surface area contributed by atoms with Crippen LogP contribution in [0.2, 0.25) is 0 Å². The summed E-state index contributed by atoms with van der Waals surface area (Å²) in [6.07, 6.45) is 3.66. The normalized spacial score (nSPS) is 21.7. The molecule has 20 heavy (non-hydrogen) atoms. The Bertz CT molecular complexity index is 578. The maximum Gasteiger partial charge on any atom is 0.0354 e. The Morgan fingerprint density at radius 3 is 2.90 bits per heavy atom. The van der Waals surface area contributed by atoms with Crippen LogP contribution in [0.1, 0.15) is 35.4 Å². The Morgan fingerprint density at radius 2 is 2.15 bits per heavy atom. The minimum Gasteiger partial charge on any atom is -0.310 e. The first-order chi connectivity index (χ1) is 9.79. The summed E-state index contributed by atoms with van der Waals surface area (Å²) in [4.78, 5) is 1.48. The highest BCUT2D eigenvalue weighted by Crippen LogP contribution is 2.38. The fraction of sp³-hybridized carbons (Fsp3) is 0.412. The monoisotopic (exact) mass is 349 g/mol. The van der Waals surface area contributed by atoms with Crippen LogP contribution in [0.25, 0.3) is 0 Å². The lowest BCUT2D eigenvalue weighted by atomic mass is 9.78. The van der Waals surface area contributed by atoms with Crippen LogP contribution < -0.4 is 5.32 Å². The lowest BCUT2D eigenvalue weighted by Gasteiger charge is -2.34. The Morgan fingerprint density at radius 1 is 1.30 bits per heavy atom. The second kappa shape index (κ2) is 6.42. The van der Waals surface area contributed by atoms with Crippen molar-refractivity contribution in [3.05, 3.63) is 56.2 Å². The molecule has 1 heterocycles. The Labute approximate surface area is 133 Å². The van der Waals surface area contributed by atoms with Crippen LogP contribution in [0.4, 0.5) is 0 Å². The van der Waals surface area contributed by atoms with Gasteiger partial charge in [0.1, 0.15) is 0 Å². The summed E-state index contributed by atoms with van der Waals surface area (Å²) in [6, 6.07) is 11.6. The van der Waals surface area contributed by atoms with Crippen molar-refractivity contribution in [2.45, 2.75) is 32.2 Å². The average molecular weight is 350 g/mol. The highest BCUT2D eigenvalue weighted by Gasteiger charge is 2.29. The SMILES string of the molecule is CCNC1c2ccccc2CCC1Cc1sccc1Br. The first-order valence-corrected chi connectivity index (χ1v) is 9.00. The second-order valence-electron chi connectivity index (χ2n) is 5.43. The molecule has 0 saturated carbocycles. The summed E-state index contributed by atoms with van der Waals surface area (Å²) in [5, 5.41) is 5.89. The summed E-state index contributed by atoms with van der Waals surface area (Å²) < 4.78 is 1.27. The van der Waals surface area contributed by atoms with Gasteiger partial charge in [-0.05, 0) is 70.2 Å². The summed E-state index contributed by atoms with van der Waals surface area (Å²) in [7, 11) is 0. The molecule has 1 nitrogen and oxygen atoms in total. The van der Waals surface area contributed by atoms with E-state index < -0.39 is 0 Å². The molecule has 2 atom stereocenters. The van der Waals surface area contributed by atoms with Crippen molar-refractivity contribution in [3.63, 3.8) is 0 Å². The van der Waals surface area contributed by atoms with Gasteiger partial charge in [-0.15, -0.1) is 11.3 Å². The molecule has 1 aliphatic rings. The van der Waals surface area contributed by atoms with E-state index in [0.717, 1.165) is 6.54 Å². The summed E-state index contributed by atoms with van der Waals surface area (Å²) >= 11 is 5.54. The molecule has 0 aliphatic heterocycles. The number of fused-ring (bicyclic) bond motifs is 1. The molecule has 1 N–H and O–H groups in total. The standard InChI is InChI=1S/C17H20BrNS/c1-2-19-17-13(11-16-15(18)9-10-20-16)8-7-12-5-3-4-6-14(12)17/h3-6,9-10,13,17,19H,2,7-8,11H2,1H3. The quantitative estimate of drug-likeness (QED) is 0.821. The fourth-order valence-electron chi connectivity index (χ4n) is 3.25. The van der Waals surface area contributed by atoms with Crippen molar-refractivity contribution in [1.29, 1.82) is 0 Å². The van der Waals surface area contributed by atoms with E-state index in [4.69, 9.17) is 0 Å². The third-order valence-corrected chi connectivity index (χ3v) is 6.16. The van der Waals surface area contributed by atoms with Gasteiger partial charge in [0.15, 0.2) is 0 Å². The topological polar surface area (TPSA) is 12.0 Å². The number of halogens is 1. The third-order valence-electron chi connectivity index (χ3n) is 4.21. The van der Waals surface area contributed by atoms with E-state index in [1.807, 2.05) is 11.3 Å². The summed E-state index contributed by atoms with van der Waals surface area (Å²) in [5.74, 6) is 0.694. The minimum atomic E-state index is 0.499. The van der Waals surface area contributed by atoms with E-state index in [1.54, 1.807) is 0 Å². The number of hydrogen-bond acceptors (Lipinski definition) is 2. The molecule has 1 aliphatic carbocycles. The zero-order chi connectivity index (χ0) is 13.9. The minimum absolute atomic E-state index is 0.499. The molecule has 0 amide bonds. The van der Waals surface area contributed by atoms with Gasteiger partial charge in [-0.3, -0.25) is 0 Å². The molecule has 2 aromatic rings. The van der Waals surface area contributed by atoms with Gasteiger partial charge < -0.3 is 5.32 Å². The Balaban J connectivity index is 1.86. The first-order valence-electron chi connectivity index (χ1n) is 7.32. The molecule has 3 heteroatoms. The van der Waals surface area contributed by atoms with Gasteiger partial charge in [0.05, 0.1) is 0 Å². The van der Waals surface area contributed by atoms with Crippen LogP contribution in [0.5, 0.6) is 0 Å². The van der Waals surface area contributed by atoms with E-state index in [9.17, 15) is 0 Å². The second-order valence-corrected chi connectivity index (χ2v) is 7.28. The van der Waals surface area contributed by atoms with Gasteiger partial charge in [-0.1, -0.05) is 31.2 Å². The third kappa shape index (κ3) is 2.85. The lowest BCUT2D eigenvalue weighted by Crippen LogP contribution is -2.33. The number of nitrogens with one attached hydrogen (secondary N) is 1. The van der Waals surface area contributed by atoms with Crippen LogP contribution in [0.3, 0.4) is 0 Å². The summed E-state index contributed by atoms with van der Waals surface area (Å²) in [6.45, 7) is 3.23. The lowest BCUT2D eigenvalue weighted by molar-refractivity contribution is 0.324. The number of thiophene rings is 1. The predicted octanol–water partition coefficient (Wildman–Crippen LogP) is 4.97. The Hall–Kier alpha value is -0.640. The predicted molar refractivity (Wildman–Crippen MR) is 90.4 cm³/mol. The molecule has 1 aromatic heterocycles. The summed E-state index contributed by atoms with van der Waals surface area (Å²) in [5.41, 5.74) is 3.04. The highest BCUT2D eigenvalue weighted by atomic mass is 79.9. The van der Waals surface area contributed by atoms with E-state index in [1.165, 1.54) is 39.7 Å². The van der Waals surface area contributed by atoms with Crippen molar-refractivity contribution in [2.75, 3.05) is 6.54 Å². The molecular formula is C17H20BrNS. The van der Waals surface area contributed by atoms with E-state index in [2.05, 4.69) is 63.9 Å². The molecule has 0 radical (unpaired) electrons. The van der Waals surface area contributed by atoms with Crippen LogP contribution in [-0.2, 0) is 12.8 Å². The van der Waals surface area contributed by atoms with Crippen molar-refractivity contribution < 1.29 is 0 Å². The molecule has 0 fully saturated rings. The van der Waals surface area contributed by atoms with Gasteiger partial charge in [0.2, 0.25) is 0 Å². The molecular weight excluding hydrogens is 330 g/mol. The first kappa shape index (κ1) is 14.3. The number of rotatable bonds is 4. The maximum atomic E-state index is 3.71. The van der Waals surface area contributed by atoms with Crippen molar-refractivity contribution >= 4 is 27.3 Å². The number of aryl methyl sites for hydroxylation is 1. The molecule has 0 saturated heterocycles. The van der Waals surface area contributed by atoms with Gasteiger partial charge in [0, 0.05) is 15.4 Å². The number of benzene rings is 1. The molecule has 0 bridgehead atoms. The molecule has 1 aromatic carbocycles. The molecule has 3 rings (SSSR count). The van der Waals surface area contributed by atoms with Crippen LogP contribution in [0, 0.1) is 5.92 Å². The van der Waals surface area contributed by atoms with Gasteiger partial charge in [0.25, 0.3) is 0 Å². The van der Waals surface area contributed by atoms with E-state index in [0.29, 0.717) is 12.0 Å². The largest absolute Gasteiger partial charge is 0.310 e. The van der Waals surface area contributed by atoms with Crippen LogP contribution >= 0.6 is 27.3 Å². The maximum absolute atomic E-state index is 3.71. The zero-order valence-electron chi connectivity index (χ0n) is 11.7. The van der Waals surface area contributed by atoms with Crippen molar-refractivity contribution in [3.8, 4) is 0 Å². The van der Waals surface area contributed by atoms with Crippen molar-refractivity contribution in [1.82, 2.24) is 5.32 Å². The van der Waals surface area contributed by atoms with Crippen LogP contribution in [-0.4, -0.2) is 6.54 Å². The fourth-order valence-corrected chi connectivity index (χ4v) is 4.86. The molecule has 2 unspecified atom stereocenters. The van der Waals surface area contributed by atoms with Crippen LogP contribution in [0.15, 0.2) is 40.2 Å². The highest BCUT2D eigenvalue weighted by molar-refractivity contribution is 9.10. The molecule has 106 valence electrons. The zero-order valence-corrected chi connectivity index (χ0v) is 14.1. The van der Waals surface area contributed by atoms with Crippen molar-refractivity contribution in [2.24, 2.45) is 5.92 Å². The number of hydrogen-bond donors (Lipinski definition) is 1. The average Bonchev–Trinajstić information content (AvgIpc) is 2.87. The smallest absolute Gasteiger partial charge is 0.0354 e. The van der Waals surface area contributed by atoms with E-state index >= 15 is 0 Å².